The number of rotatable bonds is 8. The van der Waals surface area contributed by atoms with Gasteiger partial charge in [-0.1, -0.05) is 39.0 Å². The lowest BCUT2D eigenvalue weighted by atomic mass is 9.69. The molecule has 30 heavy (non-hydrogen) atoms. The number of hydrogen-bond acceptors (Lipinski definition) is 2. The second-order valence-corrected chi connectivity index (χ2v) is 9.15. The third kappa shape index (κ3) is 7.05. The van der Waals surface area contributed by atoms with Gasteiger partial charge in [-0.25, -0.2) is 4.39 Å². The zero-order chi connectivity index (χ0) is 21.6. The topological polar surface area (TPSA) is 18.5 Å². The highest BCUT2D eigenvalue weighted by atomic mass is 19.4. The lowest BCUT2D eigenvalue weighted by molar-refractivity contribution is -0.275. The van der Waals surface area contributed by atoms with E-state index in [-0.39, 0.29) is 5.75 Å². The van der Waals surface area contributed by atoms with Crippen molar-refractivity contribution in [3.8, 4) is 11.5 Å². The van der Waals surface area contributed by atoms with Gasteiger partial charge in [-0.05, 0) is 74.3 Å². The number of unbranched alkanes of at least 4 members (excludes halogenated alkanes) is 1. The molecule has 1 aromatic rings. The van der Waals surface area contributed by atoms with Crippen LogP contribution in [-0.2, 0) is 0 Å². The molecule has 0 N–H and O–H groups in total. The summed E-state index contributed by atoms with van der Waals surface area (Å²) in [5.41, 5.74) is 0. The highest BCUT2D eigenvalue weighted by Gasteiger charge is 2.33. The third-order valence-electron chi connectivity index (χ3n) is 7.03. The number of alkyl halides is 3. The van der Waals surface area contributed by atoms with E-state index in [4.69, 9.17) is 4.74 Å². The quantitative estimate of drug-likeness (QED) is 0.390. The fraction of sp³-hybridized carbons (Fsp3) is 0.750. The molecule has 0 unspecified atom stereocenters. The SMILES string of the molecule is CCCC[C@H]1CC[C@H](C2CCC(COc3ccc(OC(F)(F)F)c(F)c3)CC2)CC1. The Morgan fingerprint density at radius 2 is 1.50 bits per heavy atom. The molecule has 2 aliphatic carbocycles. The molecular weight excluding hydrogens is 396 g/mol. The molecule has 3 rings (SSSR count). The van der Waals surface area contributed by atoms with Gasteiger partial charge in [0, 0.05) is 6.07 Å². The number of benzene rings is 1. The molecule has 0 saturated heterocycles. The fourth-order valence-corrected chi connectivity index (χ4v) is 5.26. The van der Waals surface area contributed by atoms with E-state index in [1.54, 1.807) is 0 Å². The number of halogens is 4. The molecule has 0 aromatic heterocycles. The highest BCUT2D eigenvalue weighted by molar-refractivity contribution is 5.33. The van der Waals surface area contributed by atoms with Crippen molar-refractivity contribution >= 4 is 0 Å². The number of hydrogen-bond donors (Lipinski definition) is 0. The van der Waals surface area contributed by atoms with Gasteiger partial charge < -0.3 is 9.47 Å². The van der Waals surface area contributed by atoms with Crippen LogP contribution in [0.3, 0.4) is 0 Å². The van der Waals surface area contributed by atoms with E-state index in [0.29, 0.717) is 12.5 Å². The Hall–Kier alpha value is -1.46. The molecular formula is C24H34F4O2. The smallest absolute Gasteiger partial charge is 0.493 e. The predicted molar refractivity (Wildman–Crippen MR) is 109 cm³/mol. The maximum absolute atomic E-state index is 13.8. The molecule has 2 aliphatic rings. The Kier molecular flexibility index (Phi) is 8.29. The first-order valence-corrected chi connectivity index (χ1v) is 11.5. The standard InChI is InChI=1S/C24H34F4O2/c1-2-3-4-17-5-9-19(10-6-17)20-11-7-18(8-12-20)16-29-21-13-14-23(22(25)15-21)30-24(26,27)28/h13-15,17-20H,2-12,16H2,1H3/t17-,18?,19-,20?. The van der Waals surface area contributed by atoms with Crippen molar-refractivity contribution in [2.24, 2.45) is 23.7 Å². The van der Waals surface area contributed by atoms with Crippen molar-refractivity contribution < 1.29 is 27.0 Å². The largest absolute Gasteiger partial charge is 0.573 e. The molecule has 0 amide bonds. The summed E-state index contributed by atoms with van der Waals surface area (Å²) in [4.78, 5) is 0. The maximum Gasteiger partial charge on any atom is 0.573 e. The van der Waals surface area contributed by atoms with E-state index >= 15 is 0 Å². The first kappa shape index (κ1) is 23.2. The summed E-state index contributed by atoms with van der Waals surface area (Å²) < 4.78 is 59.8. The van der Waals surface area contributed by atoms with Crippen LogP contribution in [0, 0.1) is 29.5 Å². The van der Waals surface area contributed by atoms with Gasteiger partial charge in [0.1, 0.15) is 5.75 Å². The zero-order valence-electron chi connectivity index (χ0n) is 17.9. The summed E-state index contributed by atoms with van der Waals surface area (Å²) in [7, 11) is 0. The Labute approximate surface area is 177 Å². The van der Waals surface area contributed by atoms with Crippen molar-refractivity contribution in [2.75, 3.05) is 6.61 Å². The molecule has 170 valence electrons. The second-order valence-electron chi connectivity index (χ2n) is 9.15. The minimum atomic E-state index is -4.91. The first-order valence-electron chi connectivity index (χ1n) is 11.5. The molecule has 2 fully saturated rings. The van der Waals surface area contributed by atoms with E-state index in [1.807, 2.05) is 0 Å². The summed E-state index contributed by atoms with van der Waals surface area (Å²) in [6.45, 7) is 2.75. The monoisotopic (exact) mass is 430 g/mol. The van der Waals surface area contributed by atoms with Crippen LogP contribution in [0.2, 0.25) is 0 Å². The van der Waals surface area contributed by atoms with Gasteiger partial charge >= 0.3 is 6.36 Å². The lowest BCUT2D eigenvalue weighted by Crippen LogP contribution is -2.27. The summed E-state index contributed by atoms with van der Waals surface area (Å²) in [5.74, 6) is 1.41. The summed E-state index contributed by atoms with van der Waals surface area (Å²) in [5, 5.41) is 0. The van der Waals surface area contributed by atoms with E-state index in [2.05, 4.69) is 11.7 Å². The summed E-state index contributed by atoms with van der Waals surface area (Å²) >= 11 is 0. The lowest BCUT2D eigenvalue weighted by Gasteiger charge is -2.37. The molecule has 0 heterocycles. The van der Waals surface area contributed by atoms with Crippen molar-refractivity contribution in [2.45, 2.75) is 83.9 Å². The van der Waals surface area contributed by atoms with Gasteiger partial charge in [-0.3, -0.25) is 0 Å². The normalized spacial score (nSPS) is 27.6. The van der Waals surface area contributed by atoms with E-state index in [0.717, 1.165) is 42.7 Å². The highest BCUT2D eigenvalue weighted by Crippen LogP contribution is 2.42. The van der Waals surface area contributed by atoms with Gasteiger partial charge in [0.05, 0.1) is 6.61 Å². The van der Waals surface area contributed by atoms with Gasteiger partial charge in [0.25, 0.3) is 0 Å². The molecule has 0 spiro atoms. The van der Waals surface area contributed by atoms with Crippen molar-refractivity contribution in [1.82, 2.24) is 0 Å². The minimum Gasteiger partial charge on any atom is -0.493 e. The molecule has 6 heteroatoms. The maximum atomic E-state index is 13.8. The molecule has 2 saturated carbocycles. The van der Waals surface area contributed by atoms with Gasteiger partial charge in [0.2, 0.25) is 0 Å². The summed E-state index contributed by atoms with van der Waals surface area (Å²) in [6, 6.07) is 3.25. The van der Waals surface area contributed by atoms with Crippen LogP contribution in [0.5, 0.6) is 11.5 Å². The first-order chi connectivity index (χ1) is 14.3. The fourth-order valence-electron chi connectivity index (χ4n) is 5.26. The molecule has 0 aliphatic heterocycles. The molecule has 0 bridgehead atoms. The van der Waals surface area contributed by atoms with Crippen molar-refractivity contribution in [3.63, 3.8) is 0 Å². The predicted octanol–water partition coefficient (Wildman–Crippen LogP) is 7.91. The van der Waals surface area contributed by atoms with Crippen LogP contribution in [0.4, 0.5) is 17.6 Å². The minimum absolute atomic E-state index is 0.245. The van der Waals surface area contributed by atoms with Crippen LogP contribution in [0.15, 0.2) is 18.2 Å². The van der Waals surface area contributed by atoms with E-state index < -0.39 is 17.9 Å². The Balaban J connectivity index is 1.38. The van der Waals surface area contributed by atoms with Crippen LogP contribution in [0.1, 0.15) is 77.6 Å². The van der Waals surface area contributed by atoms with Gasteiger partial charge in [0.15, 0.2) is 11.6 Å². The average Bonchev–Trinajstić information content (AvgIpc) is 2.72. The summed E-state index contributed by atoms with van der Waals surface area (Å²) in [6.07, 6.45) is 9.38. The van der Waals surface area contributed by atoms with Gasteiger partial charge in [-0.2, -0.15) is 0 Å². The molecule has 1 aromatic carbocycles. The molecule has 0 atom stereocenters. The molecule has 0 radical (unpaired) electrons. The van der Waals surface area contributed by atoms with Crippen LogP contribution in [-0.4, -0.2) is 13.0 Å². The Morgan fingerprint density at radius 3 is 2.03 bits per heavy atom. The third-order valence-corrected chi connectivity index (χ3v) is 7.03. The number of ether oxygens (including phenoxy) is 2. The zero-order valence-corrected chi connectivity index (χ0v) is 17.9. The Bertz CT molecular complexity index is 645. The van der Waals surface area contributed by atoms with Crippen molar-refractivity contribution in [1.29, 1.82) is 0 Å². The van der Waals surface area contributed by atoms with E-state index in [1.165, 1.54) is 63.9 Å². The van der Waals surface area contributed by atoms with Crippen LogP contribution >= 0.6 is 0 Å². The van der Waals surface area contributed by atoms with Crippen LogP contribution < -0.4 is 9.47 Å². The van der Waals surface area contributed by atoms with Crippen LogP contribution in [0.25, 0.3) is 0 Å². The second kappa shape index (κ2) is 10.7. The van der Waals surface area contributed by atoms with E-state index in [9.17, 15) is 17.6 Å². The molecule has 2 nitrogen and oxygen atoms in total. The van der Waals surface area contributed by atoms with Crippen molar-refractivity contribution in [3.05, 3.63) is 24.0 Å². The Morgan fingerprint density at radius 1 is 0.900 bits per heavy atom. The average molecular weight is 431 g/mol. The van der Waals surface area contributed by atoms with Gasteiger partial charge in [-0.15, -0.1) is 13.2 Å².